The summed E-state index contributed by atoms with van der Waals surface area (Å²) in [6, 6.07) is 14.2. The highest BCUT2D eigenvalue weighted by Gasteiger charge is 2.38. The van der Waals surface area contributed by atoms with Gasteiger partial charge in [0.15, 0.2) is 0 Å². The molecule has 1 fully saturated rings. The maximum atomic E-state index is 15.7. The van der Waals surface area contributed by atoms with Crippen molar-refractivity contribution < 1.29 is 14.0 Å². The van der Waals surface area contributed by atoms with Crippen molar-refractivity contribution in [3.63, 3.8) is 0 Å². The molecule has 1 saturated heterocycles. The standard InChI is InChI=1S/C29H34FN5O2/c1-18(2)33-25-12-6-21(17-32-25)27(36)34-24-11-5-19(3)26(20(24)4)28(37)35-15-13-29(30,14-16-35)22-7-9-23(31)10-8-22/h5-12,17-18H,13-16,31H2,1-4H3,(H,32,33)(H,34,36). The van der Waals surface area contributed by atoms with Crippen molar-refractivity contribution in [2.45, 2.75) is 52.2 Å². The van der Waals surface area contributed by atoms with Crippen molar-refractivity contribution >= 4 is 29.0 Å². The Morgan fingerprint density at radius 3 is 2.30 bits per heavy atom. The number of hydrogen-bond donors (Lipinski definition) is 3. The molecule has 1 aliphatic heterocycles. The second kappa shape index (κ2) is 10.6. The third-order valence-electron chi connectivity index (χ3n) is 6.87. The summed E-state index contributed by atoms with van der Waals surface area (Å²) < 4.78 is 15.7. The van der Waals surface area contributed by atoms with Gasteiger partial charge in [-0.15, -0.1) is 0 Å². The Labute approximate surface area is 217 Å². The zero-order valence-electron chi connectivity index (χ0n) is 21.8. The minimum atomic E-state index is -1.49. The minimum absolute atomic E-state index is 0.156. The first-order chi connectivity index (χ1) is 17.6. The molecule has 2 aromatic carbocycles. The number of nitrogens with zero attached hydrogens (tertiary/aromatic N) is 2. The van der Waals surface area contributed by atoms with Crippen LogP contribution in [0.2, 0.25) is 0 Å². The van der Waals surface area contributed by atoms with Crippen LogP contribution in [-0.4, -0.2) is 40.8 Å². The third kappa shape index (κ3) is 5.74. The number of benzene rings is 2. The number of piperidine rings is 1. The number of aryl methyl sites for hydroxylation is 1. The summed E-state index contributed by atoms with van der Waals surface area (Å²) in [6.07, 6.45) is 1.95. The van der Waals surface area contributed by atoms with E-state index in [0.717, 1.165) is 5.56 Å². The number of alkyl halides is 1. The van der Waals surface area contributed by atoms with E-state index in [4.69, 9.17) is 5.73 Å². The number of amides is 2. The molecule has 7 nitrogen and oxygen atoms in total. The van der Waals surface area contributed by atoms with Gasteiger partial charge in [-0.1, -0.05) is 18.2 Å². The average Bonchev–Trinajstić information content (AvgIpc) is 2.86. The Balaban J connectivity index is 1.47. The molecule has 1 aliphatic rings. The number of hydrogen-bond acceptors (Lipinski definition) is 5. The van der Waals surface area contributed by atoms with Crippen molar-refractivity contribution in [3.8, 4) is 0 Å². The summed E-state index contributed by atoms with van der Waals surface area (Å²) in [6.45, 7) is 8.32. The van der Waals surface area contributed by atoms with Crippen LogP contribution in [0.3, 0.4) is 0 Å². The molecule has 0 aliphatic carbocycles. The molecule has 4 N–H and O–H groups in total. The third-order valence-corrected chi connectivity index (χ3v) is 6.87. The Morgan fingerprint density at radius 2 is 1.70 bits per heavy atom. The summed E-state index contributed by atoms with van der Waals surface area (Å²) in [5.74, 6) is 0.232. The molecule has 37 heavy (non-hydrogen) atoms. The van der Waals surface area contributed by atoms with Gasteiger partial charge < -0.3 is 21.3 Å². The Hall–Kier alpha value is -3.94. The van der Waals surface area contributed by atoms with Gasteiger partial charge in [0.1, 0.15) is 11.5 Å². The molecule has 0 saturated carbocycles. The highest BCUT2D eigenvalue weighted by molar-refractivity contribution is 6.06. The first-order valence-electron chi connectivity index (χ1n) is 12.6. The van der Waals surface area contributed by atoms with Crippen LogP contribution in [0.5, 0.6) is 0 Å². The number of likely N-dealkylation sites (tertiary alicyclic amines) is 1. The number of nitrogens with two attached hydrogens (primary N) is 1. The number of halogens is 1. The van der Waals surface area contributed by atoms with E-state index in [1.54, 1.807) is 47.4 Å². The topological polar surface area (TPSA) is 100 Å². The van der Waals surface area contributed by atoms with E-state index < -0.39 is 5.67 Å². The molecule has 2 amide bonds. The van der Waals surface area contributed by atoms with E-state index in [0.29, 0.717) is 52.5 Å². The molecule has 0 radical (unpaired) electrons. The predicted molar refractivity (Wildman–Crippen MR) is 146 cm³/mol. The van der Waals surface area contributed by atoms with Crippen molar-refractivity contribution in [2.75, 3.05) is 29.5 Å². The second-order valence-electron chi connectivity index (χ2n) is 9.99. The lowest BCUT2D eigenvalue weighted by atomic mass is 9.85. The molecule has 0 unspecified atom stereocenters. The molecular weight excluding hydrogens is 469 g/mol. The summed E-state index contributed by atoms with van der Waals surface area (Å²) in [5.41, 5.74) is 8.43. The normalized spacial score (nSPS) is 14.9. The molecule has 1 aromatic heterocycles. The van der Waals surface area contributed by atoms with Crippen molar-refractivity contribution in [3.05, 3.63) is 82.5 Å². The first kappa shape index (κ1) is 26.1. The van der Waals surface area contributed by atoms with Crippen LogP contribution >= 0.6 is 0 Å². The zero-order chi connectivity index (χ0) is 26.7. The number of anilines is 3. The summed E-state index contributed by atoms with van der Waals surface area (Å²) in [7, 11) is 0. The number of nitrogens with one attached hydrogen (secondary N) is 2. The zero-order valence-corrected chi connectivity index (χ0v) is 21.8. The van der Waals surface area contributed by atoms with Crippen LogP contribution in [0.25, 0.3) is 0 Å². The molecular formula is C29H34FN5O2. The van der Waals surface area contributed by atoms with Crippen LogP contribution in [-0.2, 0) is 5.67 Å². The van der Waals surface area contributed by atoms with E-state index in [2.05, 4.69) is 15.6 Å². The van der Waals surface area contributed by atoms with Gasteiger partial charge in [0.2, 0.25) is 0 Å². The number of rotatable bonds is 6. The molecule has 2 heterocycles. The van der Waals surface area contributed by atoms with Gasteiger partial charge in [-0.25, -0.2) is 9.37 Å². The van der Waals surface area contributed by atoms with Crippen molar-refractivity contribution in [1.29, 1.82) is 0 Å². The largest absolute Gasteiger partial charge is 0.399 e. The molecule has 4 rings (SSSR count). The highest BCUT2D eigenvalue weighted by Crippen LogP contribution is 2.38. The Kier molecular flexibility index (Phi) is 7.47. The number of pyridine rings is 1. The lowest BCUT2D eigenvalue weighted by Gasteiger charge is -2.37. The molecule has 0 atom stereocenters. The number of carbonyl (C=O) groups excluding carboxylic acids is 2. The monoisotopic (exact) mass is 503 g/mol. The maximum absolute atomic E-state index is 15.7. The van der Waals surface area contributed by atoms with Gasteiger partial charge in [0.25, 0.3) is 11.8 Å². The quantitative estimate of drug-likeness (QED) is 0.388. The smallest absolute Gasteiger partial charge is 0.257 e. The summed E-state index contributed by atoms with van der Waals surface area (Å²) in [4.78, 5) is 32.4. The SMILES string of the molecule is Cc1ccc(NC(=O)c2ccc(NC(C)C)nc2)c(C)c1C(=O)N1CCC(F)(c2ccc(N)cc2)CC1. The van der Waals surface area contributed by atoms with Crippen LogP contribution in [0, 0.1) is 13.8 Å². The number of carbonyl (C=O) groups is 2. The first-order valence-corrected chi connectivity index (χ1v) is 12.6. The van der Waals surface area contributed by atoms with E-state index >= 15 is 4.39 Å². The fourth-order valence-electron chi connectivity index (χ4n) is 4.71. The van der Waals surface area contributed by atoms with Gasteiger partial charge in [-0.2, -0.15) is 0 Å². The van der Waals surface area contributed by atoms with E-state index in [1.807, 2.05) is 33.8 Å². The van der Waals surface area contributed by atoms with Crippen LogP contribution in [0.1, 0.15) is 64.1 Å². The molecule has 3 aromatic rings. The Morgan fingerprint density at radius 1 is 1.03 bits per heavy atom. The lowest BCUT2D eigenvalue weighted by molar-refractivity contribution is 0.0420. The number of aromatic nitrogens is 1. The van der Waals surface area contributed by atoms with Gasteiger partial charge in [-0.3, -0.25) is 9.59 Å². The van der Waals surface area contributed by atoms with E-state index in [9.17, 15) is 9.59 Å². The minimum Gasteiger partial charge on any atom is -0.399 e. The lowest BCUT2D eigenvalue weighted by Crippen LogP contribution is -2.43. The molecule has 8 heteroatoms. The van der Waals surface area contributed by atoms with Crippen molar-refractivity contribution in [1.82, 2.24) is 9.88 Å². The summed E-state index contributed by atoms with van der Waals surface area (Å²) in [5, 5.41) is 6.10. The van der Waals surface area contributed by atoms with E-state index in [1.165, 1.54) is 6.20 Å². The van der Waals surface area contributed by atoms with Gasteiger partial charge >= 0.3 is 0 Å². The van der Waals surface area contributed by atoms with Crippen LogP contribution in [0.15, 0.2) is 54.7 Å². The average molecular weight is 504 g/mol. The fraction of sp³-hybridized carbons (Fsp3) is 0.345. The second-order valence-corrected chi connectivity index (χ2v) is 9.99. The van der Waals surface area contributed by atoms with Crippen molar-refractivity contribution in [2.24, 2.45) is 0 Å². The molecule has 0 bridgehead atoms. The molecule has 0 spiro atoms. The highest BCUT2D eigenvalue weighted by atomic mass is 19.1. The van der Waals surface area contributed by atoms with Gasteiger partial charge in [0.05, 0.1) is 5.56 Å². The van der Waals surface area contributed by atoms with E-state index in [-0.39, 0.29) is 30.7 Å². The van der Waals surface area contributed by atoms with Gasteiger partial charge in [0, 0.05) is 55.1 Å². The maximum Gasteiger partial charge on any atom is 0.257 e. The van der Waals surface area contributed by atoms with Crippen LogP contribution in [0.4, 0.5) is 21.6 Å². The predicted octanol–water partition coefficient (Wildman–Crippen LogP) is 5.45. The number of nitrogen functional groups attached to an aromatic ring is 1. The van der Waals surface area contributed by atoms with Crippen LogP contribution < -0.4 is 16.4 Å². The molecule has 194 valence electrons. The summed E-state index contributed by atoms with van der Waals surface area (Å²) >= 11 is 0. The fourth-order valence-corrected chi connectivity index (χ4v) is 4.71. The van der Waals surface area contributed by atoms with Gasteiger partial charge in [-0.05, 0) is 74.7 Å². The Bertz CT molecular complexity index is 1280.